The normalized spacial score (nSPS) is 14.3. The van der Waals surface area contributed by atoms with Crippen molar-refractivity contribution in [3.05, 3.63) is 59.7 Å². The van der Waals surface area contributed by atoms with E-state index in [4.69, 9.17) is 10.00 Å². The van der Waals surface area contributed by atoms with Crippen LogP contribution in [-0.4, -0.2) is 30.9 Å². The van der Waals surface area contributed by atoms with Gasteiger partial charge in [-0.2, -0.15) is 5.26 Å². The third-order valence-electron chi connectivity index (χ3n) is 3.84. The number of anilines is 1. The highest BCUT2D eigenvalue weighted by molar-refractivity contribution is 5.57. The molecule has 1 N–H and O–H groups in total. The van der Waals surface area contributed by atoms with Crippen LogP contribution in [0.2, 0.25) is 0 Å². The molecule has 3 rings (SSSR count). The number of ether oxygens (including phenoxy) is 1. The van der Waals surface area contributed by atoms with E-state index < -0.39 is 6.10 Å². The van der Waals surface area contributed by atoms with Crippen LogP contribution in [0.4, 0.5) is 5.69 Å². The van der Waals surface area contributed by atoms with Crippen molar-refractivity contribution in [1.29, 1.82) is 5.26 Å². The van der Waals surface area contributed by atoms with E-state index in [0.29, 0.717) is 17.9 Å². The molecule has 4 nitrogen and oxygen atoms in total. The molecule has 1 aliphatic heterocycles. The van der Waals surface area contributed by atoms with Crippen molar-refractivity contribution in [2.45, 2.75) is 12.5 Å². The fourth-order valence-corrected chi connectivity index (χ4v) is 2.72. The molecule has 0 radical (unpaired) electrons. The number of hydrogen-bond acceptors (Lipinski definition) is 4. The van der Waals surface area contributed by atoms with Crippen LogP contribution in [0, 0.1) is 11.3 Å². The second kappa shape index (κ2) is 6.50. The van der Waals surface area contributed by atoms with Crippen molar-refractivity contribution in [3.8, 4) is 11.8 Å². The maximum atomic E-state index is 10.2. The Morgan fingerprint density at radius 1 is 1.18 bits per heavy atom. The van der Waals surface area contributed by atoms with Gasteiger partial charge in [0.2, 0.25) is 0 Å². The molecule has 1 atom stereocenters. The van der Waals surface area contributed by atoms with E-state index in [2.05, 4.69) is 23.1 Å². The van der Waals surface area contributed by atoms with Gasteiger partial charge in [-0.1, -0.05) is 18.2 Å². The lowest BCUT2D eigenvalue weighted by atomic mass is 10.2. The first-order valence-corrected chi connectivity index (χ1v) is 7.40. The van der Waals surface area contributed by atoms with E-state index in [1.807, 2.05) is 12.1 Å². The molecule has 1 aliphatic rings. The molecule has 0 aromatic heterocycles. The number of nitrogens with zero attached hydrogens (tertiary/aromatic N) is 2. The molecular weight excluding hydrogens is 276 g/mol. The van der Waals surface area contributed by atoms with Gasteiger partial charge in [-0.3, -0.25) is 0 Å². The number of hydrogen-bond donors (Lipinski definition) is 1. The minimum atomic E-state index is -0.554. The average molecular weight is 294 g/mol. The highest BCUT2D eigenvalue weighted by Crippen LogP contribution is 2.27. The van der Waals surface area contributed by atoms with Gasteiger partial charge < -0.3 is 14.7 Å². The highest BCUT2D eigenvalue weighted by Gasteiger charge is 2.20. The summed E-state index contributed by atoms with van der Waals surface area (Å²) in [5, 5.41) is 18.9. The van der Waals surface area contributed by atoms with Gasteiger partial charge in [-0.25, -0.2) is 0 Å². The number of aliphatic hydroxyl groups is 1. The summed E-state index contributed by atoms with van der Waals surface area (Å²) in [5.41, 5.74) is 3.14. The number of β-amino-alcohol motifs (C(OH)–C–C–N with tert-alkyl or cyclic N) is 1. The molecule has 0 bridgehead atoms. The van der Waals surface area contributed by atoms with E-state index in [9.17, 15) is 5.11 Å². The first kappa shape index (κ1) is 14.4. The zero-order chi connectivity index (χ0) is 15.4. The van der Waals surface area contributed by atoms with Gasteiger partial charge in [-0.15, -0.1) is 0 Å². The molecule has 1 heterocycles. The van der Waals surface area contributed by atoms with E-state index in [-0.39, 0.29) is 6.61 Å². The first-order chi connectivity index (χ1) is 10.8. The smallest absolute Gasteiger partial charge is 0.119 e. The lowest BCUT2D eigenvalue weighted by Crippen LogP contribution is -2.34. The average Bonchev–Trinajstić information content (AvgIpc) is 2.97. The quantitative estimate of drug-likeness (QED) is 0.919. The van der Waals surface area contributed by atoms with E-state index in [0.717, 1.165) is 13.0 Å². The summed E-state index contributed by atoms with van der Waals surface area (Å²) in [7, 11) is 0. The maximum Gasteiger partial charge on any atom is 0.119 e. The van der Waals surface area contributed by atoms with Crippen molar-refractivity contribution in [1.82, 2.24) is 0 Å². The molecule has 0 amide bonds. The van der Waals surface area contributed by atoms with Crippen LogP contribution in [0.5, 0.6) is 5.75 Å². The molecule has 22 heavy (non-hydrogen) atoms. The predicted octanol–water partition coefficient (Wildman–Crippen LogP) is 2.36. The van der Waals surface area contributed by atoms with Crippen LogP contribution in [0.1, 0.15) is 11.1 Å². The third-order valence-corrected chi connectivity index (χ3v) is 3.84. The topological polar surface area (TPSA) is 56.5 Å². The van der Waals surface area contributed by atoms with Crippen molar-refractivity contribution in [2.75, 3.05) is 24.6 Å². The van der Waals surface area contributed by atoms with Crippen molar-refractivity contribution >= 4 is 5.69 Å². The summed E-state index contributed by atoms with van der Waals surface area (Å²) in [4.78, 5) is 2.20. The minimum Gasteiger partial charge on any atom is -0.491 e. The van der Waals surface area contributed by atoms with Crippen LogP contribution in [0.3, 0.4) is 0 Å². The van der Waals surface area contributed by atoms with E-state index in [1.54, 1.807) is 24.3 Å². The van der Waals surface area contributed by atoms with Gasteiger partial charge in [0.25, 0.3) is 0 Å². The molecule has 0 saturated heterocycles. The summed E-state index contributed by atoms with van der Waals surface area (Å²) >= 11 is 0. The largest absolute Gasteiger partial charge is 0.491 e. The maximum absolute atomic E-state index is 10.2. The van der Waals surface area contributed by atoms with Crippen LogP contribution < -0.4 is 9.64 Å². The fourth-order valence-electron chi connectivity index (χ4n) is 2.72. The van der Waals surface area contributed by atoms with Crippen LogP contribution in [-0.2, 0) is 6.42 Å². The zero-order valence-electron chi connectivity index (χ0n) is 12.3. The zero-order valence-corrected chi connectivity index (χ0v) is 12.3. The Morgan fingerprint density at radius 2 is 1.95 bits per heavy atom. The molecule has 0 spiro atoms. The van der Waals surface area contributed by atoms with Gasteiger partial charge in [0.1, 0.15) is 18.5 Å². The monoisotopic (exact) mass is 294 g/mol. The molecule has 2 aromatic carbocycles. The van der Waals surface area contributed by atoms with Gasteiger partial charge >= 0.3 is 0 Å². The molecule has 112 valence electrons. The van der Waals surface area contributed by atoms with Gasteiger partial charge in [0, 0.05) is 18.8 Å². The number of benzene rings is 2. The Labute approximate surface area is 130 Å². The summed E-state index contributed by atoms with van der Waals surface area (Å²) in [6, 6.07) is 17.3. The molecular formula is C18H18N2O2. The Morgan fingerprint density at radius 3 is 2.73 bits per heavy atom. The fraction of sp³-hybridized carbons (Fsp3) is 0.278. The second-order valence-corrected chi connectivity index (χ2v) is 5.43. The highest BCUT2D eigenvalue weighted by atomic mass is 16.5. The number of fused-ring (bicyclic) bond motifs is 1. The lowest BCUT2D eigenvalue weighted by Gasteiger charge is -2.23. The first-order valence-electron chi connectivity index (χ1n) is 7.40. The predicted molar refractivity (Wildman–Crippen MR) is 85.0 cm³/mol. The Hall–Kier alpha value is -2.51. The number of aliphatic hydroxyl groups excluding tert-OH is 1. The Bertz CT molecular complexity index is 676. The third kappa shape index (κ3) is 3.21. The van der Waals surface area contributed by atoms with Gasteiger partial charge in [0.05, 0.1) is 11.6 Å². The summed E-state index contributed by atoms with van der Waals surface area (Å²) in [6.45, 7) is 1.74. The van der Waals surface area contributed by atoms with Crippen molar-refractivity contribution in [3.63, 3.8) is 0 Å². The van der Waals surface area contributed by atoms with Crippen LogP contribution in [0.25, 0.3) is 0 Å². The van der Waals surface area contributed by atoms with Crippen molar-refractivity contribution < 1.29 is 9.84 Å². The van der Waals surface area contributed by atoms with E-state index >= 15 is 0 Å². The number of rotatable bonds is 5. The van der Waals surface area contributed by atoms with Gasteiger partial charge in [-0.05, 0) is 42.3 Å². The number of para-hydroxylation sites is 1. The Balaban J connectivity index is 1.53. The van der Waals surface area contributed by atoms with Crippen LogP contribution in [0.15, 0.2) is 48.5 Å². The SMILES string of the molecule is N#Cc1ccc(OCC(O)CN2CCc3ccccc32)cc1. The minimum absolute atomic E-state index is 0.241. The van der Waals surface area contributed by atoms with E-state index in [1.165, 1.54) is 11.3 Å². The van der Waals surface area contributed by atoms with Crippen molar-refractivity contribution in [2.24, 2.45) is 0 Å². The molecule has 0 fully saturated rings. The summed E-state index contributed by atoms with van der Waals surface area (Å²) in [5.74, 6) is 0.667. The summed E-state index contributed by atoms with van der Waals surface area (Å²) < 4.78 is 5.58. The van der Waals surface area contributed by atoms with Crippen LogP contribution >= 0.6 is 0 Å². The van der Waals surface area contributed by atoms with Gasteiger partial charge in [0.15, 0.2) is 0 Å². The molecule has 0 aliphatic carbocycles. The standard InChI is InChI=1S/C18H18N2O2/c19-11-14-5-7-17(8-6-14)22-13-16(21)12-20-10-9-15-3-1-2-4-18(15)20/h1-8,16,21H,9-10,12-13H2. The molecule has 4 heteroatoms. The molecule has 1 unspecified atom stereocenters. The second-order valence-electron chi connectivity index (χ2n) is 5.43. The Kier molecular flexibility index (Phi) is 4.27. The number of nitriles is 1. The molecule has 2 aromatic rings. The summed E-state index contributed by atoms with van der Waals surface area (Å²) in [6.07, 6.45) is 0.473. The lowest BCUT2D eigenvalue weighted by molar-refractivity contribution is 0.112. The molecule has 0 saturated carbocycles.